The number of rotatable bonds is 10. The molecule has 0 aliphatic carbocycles. The van der Waals surface area contributed by atoms with Gasteiger partial charge in [0.1, 0.15) is 0 Å². The molecule has 0 saturated carbocycles. The van der Waals surface area contributed by atoms with E-state index in [0.717, 1.165) is 87.2 Å². The van der Waals surface area contributed by atoms with E-state index in [9.17, 15) is 0 Å². The highest BCUT2D eigenvalue weighted by atomic mass is 79.9. The van der Waals surface area contributed by atoms with E-state index in [1.54, 1.807) is 6.20 Å². The molecule has 9 nitrogen and oxygen atoms in total. The number of nitrogens with zero attached hydrogens (tertiary/aromatic N) is 4. The number of nitrogens with two attached hydrogens (primary N) is 1. The lowest BCUT2D eigenvalue weighted by molar-refractivity contribution is 0.0732. The highest BCUT2D eigenvalue weighted by Crippen LogP contribution is 2.21. The number of hydrogen-bond donors (Lipinski definition) is 1. The van der Waals surface area contributed by atoms with Crippen molar-refractivity contribution in [2.24, 2.45) is 0 Å². The molecule has 4 aromatic rings. The highest BCUT2D eigenvalue weighted by Gasteiger charge is 2.12. The molecule has 2 atom stereocenters. The van der Waals surface area contributed by atoms with Crippen molar-refractivity contribution in [1.29, 1.82) is 0 Å². The summed E-state index contributed by atoms with van der Waals surface area (Å²) < 4.78 is 22.7. The third-order valence-electron chi connectivity index (χ3n) is 8.25. The number of morpholine rings is 2. The molecule has 6 rings (SSSR count). The first kappa shape index (κ1) is 38.3. The van der Waals surface area contributed by atoms with Crippen molar-refractivity contribution >= 4 is 33.0 Å². The molecular weight excluding hydrogens is 682 g/mol. The second-order valence-electron chi connectivity index (χ2n) is 11.8. The Morgan fingerprint density at radius 1 is 0.653 bits per heavy atom. The molecule has 2 aromatic heterocycles. The second kappa shape index (κ2) is 20.9. The van der Waals surface area contributed by atoms with Crippen molar-refractivity contribution in [2.45, 2.75) is 46.3 Å². The van der Waals surface area contributed by atoms with E-state index in [0.29, 0.717) is 6.61 Å². The van der Waals surface area contributed by atoms with Crippen molar-refractivity contribution in [3.05, 3.63) is 112 Å². The van der Waals surface area contributed by atoms with Gasteiger partial charge in [0.2, 0.25) is 0 Å². The molecule has 4 heterocycles. The van der Waals surface area contributed by atoms with Gasteiger partial charge in [-0.2, -0.15) is 0 Å². The van der Waals surface area contributed by atoms with E-state index in [-0.39, 0.29) is 12.2 Å². The SMILES string of the molecule is CCOC(C)c1ccc(Br)cn1.CCOC(C)c1ccc(Cc2ccc(N3CCOCC3)cc2)cn1.Nc1ccc(N2CCOCC2)cc1. The van der Waals surface area contributed by atoms with Crippen LogP contribution in [0.1, 0.15) is 62.4 Å². The van der Waals surface area contributed by atoms with E-state index in [1.165, 1.54) is 22.5 Å². The number of pyridine rings is 2. The van der Waals surface area contributed by atoms with Gasteiger partial charge in [-0.3, -0.25) is 9.97 Å². The van der Waals surface area contributed by atoms with Crippen LogP contribution in [-0.4, -0.2) is 75.8 Å². The zero-order valence-corrected chi connectivity index (χ0v) is 31.0. The summed E-state index contributed by atoms with van der Waals surface area (Å²) in [5.74, 6) is 0. The van der Waals surface area contributed by atoms with E-state index in [2.05, 4.69) is 84.2 Å². The number of aromatic nitrogens is 2. The average Bonchev–Trinajstić information content (AvgIpc) is 3.14. The van der Waals surface area contributed by atoms with Gasteiger partial charge in [0.15, 0.2) is 0 Å². The van der Waals surface area contributed by atoms with Crippen LogP contribution in [0.15, 0.2) is 89.7 Å². The van der Waals surface area contributed by atoms with Crippen LogP contribution in [0, 0.1) is 0 Å². The summed E-state index contributed by atoms with van der Waals surface area (Å²) in [6, 6.07) is 25.0. The summed E-state index contributed by atoms with van der Waals surface area (Å²) in [6.45, 7) is 16.6. The predicted octanol–water partition coefficient (Wildman–Crippen LogP) is 7.65. The van der Waals surface area contributed by atoms with Crippen LogP contribution >= 0.6 is 15.9 Å². The largest absolute Gasteiger partial charge is 0.399 e. The summed E-state index contributed by atoms with van der Waals surface area (Å²) in [5.41, 5.74) is 13.4. The standard InChI is InChI=1S/C20H26N2O2.C10H14N2O.C9H12BrNO/c1-3-24-16(2)20-9-6-18(15-21-20)14-17-4-7-19(8-5-17)22-10-12-23-13-11-22;11-9-1-3-10(4-2-9)12-5-7-13-8-6-12;1-3-12-7(2)9-5-4-8(10)6-11-9/h4-9,15-16H,3,10-14H2,1-2H3;1-4H,5-8,11H2;4-7H,3H2,1-2H3. The van der Waals surface area contributed by atoms with E-state index in [1.807, 2.05) is 58.2 Å². The Morgan fingerprint density at radius 3 is 1.53 bits per heavy atom. The van der Waals surface area contributed by atoms with Gasteiger partial charge in [0.05, 0.1) is 50.0 Å². The van der Waals surface area contributed by atoms with Gasteiger partial charge < -0.3 is 34.5 Å². The lowest BCUT2D eigenvalue weighted by Gasteiger charge is -2.28. The average molecular weight is 735 g/mol. The van der Waals surface area contributed by atoms with Gasteiger partial charge in [-0.25, -0.2) is 0 Å². The van der Waals surface area contributed by atoms with Crippen molar-refractivity contribution in [1.82, 2.24) is 9.97 Å². The quantitative estimate of drug-likeness (QED) is 0.165. The molecule has 2 aliphatic heterocycles. The molecule has 2 fully saturated rings. The predicted molar refractivity (Wildman–Crippen MR) is 202 cm³/mol. The lowest BCUT2D eigenvalue weighted by atomic mass is 10.1. The van der Waals surface area contributed by atoms with E-state index in [4.69, 9.17) is 24.7 Å². The summed E-state index contributed by atoms with van der Waals surface area (Å²) in [4.78, 5) is 13.4. The van der Waals surface area contributed by atoms with Crippen LogP contribution in [0.5, 0.6) is 0 Å². The minimum absolute atomic E-state index is 0.0526. The summed E-state index contributed by atoms with van der Waals surface area (Å²) in [5, 5.41) is 0. The molecule has 0 bridgehead atoms. The number of halogens is 1. The summed E-state index contributed by atoms with van der Waals surface area (Å²) in [7, 11) is 0. The summed E-state index contributed by atoms with van der Waals surface area (Å²) >= 11 is 3.33. The molecular formula is C39H52BrN5O4. The number of benzene rings is 2. The first-order chi connectivity index (χ1) is 23.9. The van der Waals surface area contributed by atoms with Gasteiger partial charge in [-0.05, 0) is 116 Å². The number of ether oxygens (including phenoxy) is 4. The fourth-order valence-electron chi connectivity index (χ4n) is 5.47. The molecule has 49 heavy (non-hydrogen) atoms. The van der Waals surface area contributed by atoms with Crippen LogP contribution in [0.25, 0.3) is 0 Å². The van der Waals surface area contributed by atoms with Gasteiger partial charge in [-0.1, -0.05) is 18.2 Å². The Morgan fingerprint density at radius 2 is 1.10 bits per heavy atom. The summed E-state index contributed by atoms with van der Waals surface area (Å²) in [6.07, 6.45) is 4.78. The third kappa shape index (κ3) is 13.0. The Kier molecular flexibility index (Phi) is 16.3. The maximum absolute atomic E-state index is 5.61. The number of hydrogen-bond acceptors (Lipinski definition) is 9. The van der Waals surface area contributed by atoms with Gasteiger partial charge in [-0.15, -0.1) is 0 Å². The zero-order valence-electron chi connectivity index (χ0n) is 29.4. The smallest absolute Gasteiger partial charge is 0.0966 e. The van der Waals surface area contributed by atoms with Crippen LogP contribution in [0.3, 0.4) is 0 Å². The Hall–Kier alpha value is -3.54. The maximum Gasteiger partial charge on any atom is 0.0966 e. The molecule has 0 radical (unpaired) electrons. The molecule has 2 unspecified atom stereocenters. The molecule has 2 aromatic carbocycles. The van der Waals surface area contributed by atoms with E-state index < -0.39 is 0 Å². The maximum atomic E-state index is 5.61. The van der Waals surface area contributed by atoms with Crippen molar-refractivity contribution in [2.75, 3.05) is 81.4 Å². The van der Waals surface area contributed by atoms with Gasteiger partial charge >= 0.3 is 0 Å². The van der Waals surface area contributed by atoms with Crippen LogP contribution < -0.4 is 15.5 Å². The molecule has 0 spiro atoms. The lowest BCUT2D eigenvalue weighted by Crippen LogP contribution is -2.36. The van der Waals surface area contributed by atoms with Crippen LogP contribution in [-0.2, 0) is 25.4 Å². The molecule has 0 amide bonds. The Labute approximate surface area is 300 Å². The zero-order chi connectivity index (χ0) is 34.8. The molecule has 2 saturated heterocycles. The number of nitrogen functional groups attached to an aromatic ring is 1. The minimum atomic E-state index is 0.0526. The first-order valence-corrected chi connectivity index (χ1v) is 18.0. The normalized spacial score (nSPS) is 15.7. The number of anilines is 3. The first-order valence-electron chi connectivity index (χ1n) is 17.3. The third-order valence-corrected chi connectivity index (χ3v) is 8.72. The minimum Gasteiger partial charge on any atom is -0.399 e. The van der Waals surface area contributed by atoms with Gasteiger partial charge in [0, 0.05) is 73.3 Å². The highest BCUT2D eigenvalue weighted by molar-refractivity contribution is 9.10. The topological polar surface area (TPSA) is 95.2 Å². The van der Waals surface area contributed by atoms with Crippen LogP contribution in [0.2, 0.25) is 0 Å². The fraction of sp³-hybridized carbons (Fsp3) is 0.436. The monoisotopic (exact) mass is 733 g/mol. The Balaban J connectivity index is 0.000000182. The van der Waals surface area contributed by atoms with Crippen LogP contribution in [0.4, 0.5) is 17.1 Å². The van der Waals surface area contributed by atoms with Crippen molar-refractivity contribution < 1.29 is 18.9 Å². The molecule has 2 N–H and O–H groups in total. The van der Waals surface area contributed by atoms with E-state index >= 15 is 0 Å². The van der Waals surface area contributed by atoms with Crippen molar-refractivity contribution in [3.63, 3.8) is 0 Å². The van der Waals surface area contributed by atoms with Gasteiger partial charge in [0.25, 0.3) is 0 Å². The fourth-order valence-corrected chi connectivity index (χ4v) is 5.70. The molecule has 10 heteroatoms. The van der Waals surface area contributed by atoms with Crippen molar-refractivity contribution in [3.8, 4) is 0 Å². The molecule has 2 aliphatic rings. The molecule has 264 valence electrons. The Bertz CT molecular complexity index is 1460. The second-order valence-corrected chi connectivity index (χ2v) is 12.7.